The van der Waals surface area contributed by atoms with E-state index in [1.54, 1.807) is 11.1 Å². The number of halogens is 3. The number of nitrogens with zero attached hydrogens (tertiary/aromatic N) is 1. The second-order valence-electron chi connectivity index (χ2n) is 6.69. The maximum Gasteiger partial charge on any atom is 0.387 e. The molecule has 1 aliphatic heterocycles. The lowest BCUT2D eigenvalue weighted by Gasteiger charge is -2.30. The van der Waals surface area contributed by atoms with Gasteiger partial charge >= 0.3 is 6.61 Å². The molecule has 1 fully saturated rings. The largest absolute Gasteiger partial charge is 0.498 e. The first-order valence-corrected chi connectivity index (χ1v) is 9.81. The van der Waals surface area contributed by atoms with Gasteiger partial charge in [-0.3, -0.25) is 0 Å². The summed E-state index contributed by atoms with van der Waals surface area (Å²) in [6, 6.07) is 0. The molecule has 27 heavy (non-hydrogen) atoms. The minimum atomic E-state index is -2.93. The molecule has 2 rings (SSSR count). The van der Waals surface area contributed by atoms with Crippen molar-refractivity contribution < 1.29 is 18.3 Å². The molecule has 1 saturated carbocycles. The highest BCUT2D eigenvalue weighted by Crippen LogP contribution is 2.37. The van der Waals surface area contributed by atoms with Crippen molar-refractivity contribution in [3.8, 4) is 0 Å². The van der Waals surface area contributed by atoms with Crippen LogP contribution in [-0.4, -0.2) is 18.1 Å². The van der Waals surface area contributed by atoms with E-state index >= 15 is 0 Å². The van der Waals surface area contributed by atoms with Crippen LogP contribution >= 0.6 is 11.6 Å². The molecule has 0 aromatic rings. The quantitative estimate of drug-likeness (QED) is 0.397. The average molecular weight is 400 g/mol. The Morgan fingerprint density at radius 1 is 1.37 bits per heavy atom. The molecule has 1 heterocycles. The number of alkyl halides is 2. The van der Waals surface area contributed by atoms with E-state index in [0.29, 0.717) is 17.3 Å². The second kappa shape index (κ2) is 9.98. The Labute approximate surface area is 165 Å². The van der Waals surface area contributed by atoms with Gasteiger partial charge in [-0.25, -0.2) is 0 Å². The number of ether oxygens (including phenoxy) is 2. The molecule has 0 aromatic carbocycles. The zero-order chi connectivity index (χ0) is 20.0. The van der Waals surface area contributed by atoms with E-state index in [-0.39, 0.29) is 11.7 Å². The highest BCUT2D eigenvalue weighted by Gasteiger charge is 2.25. The molecule has 0 amide bonds. The number of hydrogen-bond acceptors (Lipinski definition) is 3. The summed E-state index contributed by atoms with van der Waals surface area (Å²) >= 11 is 6.10. The highest BCUT2D eigenvalue weighted by atomic mass is 35.5. The van der Waals surface area contributed by atoms with Crippen LogP contribution in [0.25, 0.3) is 0 Å². The van der Waals surface area contributed by atoms with Gasteiger partial charge in [0.05, 0.1) is 17.3 Å². The molecular formula is C21H28ClF2NO2. The fraction of sp³-hybridized carbons (Fsp3) is 0.524. The number of rotatable bonds is 9. The van der Waals surface area contributed by atoms with Crippen LogP contribution in [-0.2, 0) is 9.47 Å². The molecule has 6 heteroatoms. The van der Waals surface area contributed by atoms with Gasteiger partial charge in [-0.15, -0.1) is 0 Å². The SMILES string of the molecule is C=C1C(OC(F)F)=CC(Cl)=CN1/C=C(\CCC)C(C)C(OCC)=C1CCC1. The Kier molecular flexibility index (Phi) is 7.96. The maximum absolute atomic E-state index is 12.7. The van der Waals surface area contributed by atoms with E-state index < -0.39 is 6.61 Å². The van der Waals surface area contributed by atoms with E-state index in [9.17, 15) is 8.78 Å². The fourth-order valence-electron chi connectivity index (χ4n) is 3.21. The van der Waals surface area contributed by atoms with Crippen molar-refractivity contribution in [3.05, 3.63) is 58.4 Å². The summed E-state index contributed by atoms with van der Waals surface area (Å²) in [4.78, 5) is 1.66. The van der Waals surface area contributed by atoms with Crippen LogP contribution in [0.15, 0.2) is 58.4 Å². The molecule has 1 unspecified atom stereocenters. The zero-order valence-corrected chi connectivity index (χ0v) is 17.0. The van der Waals surface area contributed by atoms with E-state index in [2.05, 4.69) is 25.2 Å². The summed E-state index contributed by atoms with van der Waals surface area (Å²) in [6.07, 6.45) is 10.1. The lowest BCUT2D eigenvalue weighted by atomic mass is 9.84. The van der Waals surface area contributed by atoms with Crippen molar-refractivity contribution in [2.75, 3.05) is 6.61 Å². The Hall–Kier alpha value is -1.75. The van der Waals surface area contributed by atoms with Crippen LogP contribution in [0, 0.1) is 5.92 Å². The summed E-state index contributed by atoms with van der Waals surface area (Å²) < 4.78 is 35.8. The smallest absolute Gasteiger partial charge is 0.387 e. The number of allylic oxidation sites excluding steroid dienone is 4. The highest BCUT2D eigenvalue weighted by molar-refractivity contribution is 6.31. The van der Waals surface area contributed by atoms with Gasteiger partial charge in [0.1, 0.15) is 5.76 Å². The third-order valence-electron chi connectivity index (χ3n) is 4.74. The van der Waals surface area contributed by atoms with Crippen molar-refractivity contribution in [2.45, 2.75) is 59.5 Å². The molecule has 150 valence electrons. The van der Waals surface area contributed by atoms with Crippen molar-refractivity contribution in [1.29, 1.82) is 0 Å². The van der Waals surface area contributed by atoms with Gasteiger partial charge in [0.2, 0.25) is 0 Å². The van der Waals surface area contributed by atoms with Crippen molar-refractivity contribution >= 4 is 11.6 Å². The Morgan fingerprint density at radius 2 is 2.07 bits per heavy atom. The predicted octanol–water partition coefficient (Wildman–Crippen LogP) is 6.81. The topological polar surface area (TPSA) is 21.7 Å². The minimum Gasteiger partial charge on any atom is -0.498 e. The molecule has 1 atom stereocenters. The summed E-state index contributed by atoms with van der Waals surface area (Å²) in [5.74, 6) is 1.12. The Balaban J connectivity index is 2.31. The molecule has 0 spiro atoms. The molecular weight excluding hydrogens is 372 g/mol. The summed E-state index contributed by atoms with van der Waals surface area (Å²) in [6.45, 7) is 7.81. The third-order valence-corrected chi connectivity index (χ3v) is 4.95. The molecule has 0 radical (unpaired) electrons. The van der Waals surface area contributed by atoms with Gasteiger partial charge in [0.15, 0.2) is 5.76 Å². The van der Waals surface area contributed by atoms with E-state index in [4.69, 9.17) is 16.3 Å². The van der Waals surface area contributed by atoms with E-state index in [1.165, 1.54) is 18.1 Å². The average Bonchev–Trinajstić information content (AvgIpc) is 2.55. The Morgan fingerprint density at radius 3 is 2.59 bits per heavy atom. The van der Waals surface area contributed by atoms with Gasteiger partial charge in [-0.05, 0) is 43.8 Å². The fourth-order valence-corrected chi connectivity index (χ4v) is 3.42. The zero-order valence-electron chi connectivity index (χ0n) is 16.2. The predicted molar refractivity (Wildman–Crippen MR) is 105 cm³/mol. The molecule has 1 aliphatic carbocycles. The minimum absolute atomic E-state index is 0.0281. The lowest BCUT2D eigenvalue weighted by Crippen LogP contribution is -2.20. The normalized spacial score (nSPS) is 18.8. The monoisotopic (exact) mass is 399 g/mol. The van der Waals surface area contributed by atoms with E-state index in [0.717, 1.165) is 37.0 Å². The van der Waals surface area contributed by atoms with E-state index in [1.807, 2.05) is 13.1 Å². The standard InChI is InChI=1S/C21H28ClF2NO2/c1-5-8-17(14(3)20(26-6-2)16-9-7-10-16)12-25-13-18(22)11-19(15(25)4)27-21(23)24/h11-14,21H,4-10H2,1-3H3/b17-12+. The molecule has 0 bridgehead atoms. The summed E-state index contributed by atoms with van der Waals surface area (Å²) in [5.41, 5.74) is 2.84. The third kappa shape index (κ3) is 5.61. The summed E-state index contributed by atoms with van der Waals surface area (Å²) in [5, 5.41) is 0.306. The van der Waals surface area contributed by atoms with Gasteiger partial charge < -0.3 is 14.4 Å². The molecule has 0 aromatic heterocycles. The Bertz CT molecular complexity index is 674. The van der Waals surface area contributed by atoms with Crippen molar-refractivity contribution in [1.82, 2.24) is 4.90 Å². The van der Waals surface area contributed by atoms with Gasteiger partial charge in [-0.2, -0.15) is 8.78 Å². The first-order chi connectivity index (χ1) is 12.9. The maximum atomic E-state index is 12.7. The van der Waals surface area contributed by atoms with Crippen molar-refractivity contribution in [2.24, 2.45) is 5.92 Å². The molecule has 3 nitrogen and oxygen atoms in total. The first kappa shape index (κ1) is 21.5. The number of hydrogen-bond donors (Lipinski definition) is 0. The van der Waals surface area contributed by atoms with Crippen LogP contribution in [0.4, 0.5) is 8.78 Å². The first-order valence-electron chi connectivity index (χ1n) is 9.44. The van der Waals surface area contributed by atoms with Gasteiger partial charge in [0, 0.05) is 24.4 Å². The van der Waals surface area contributed by atoms with Crippen LogP contribution < -0.4 is 0 Å². The molecule has 0 saturated heterocycles. The molecule has 0 N–H and O–H groups in total. The lowest BCUT2D eigenvalue weighted by molar-refractivity contribution is -0.0950. The van der Waals surface area contributed by atoms with Gasteiger partial charge in [0.25, 0.3) is 0 Å². The van der Waals surface area contributed by atoms with Crippen LogP contribution in [0.2, 0.25) is 0 Å². The van der Waals surface area contributed by atoms with Gasteiger partial charge in [-0.1, -0.05) is 38.4 Å². The van der Waals surface area contributed by atoms with Crippen molar-refractivity contribution in [3.63, 3.8) is 0 Å². The second-order valence-corrected chi connectivity index (χ2v) is 7.12. The van der Waals surface area contributed by atoms with Crippen LogP contribution in [0.5, 0.6) is 0 Å². The molecule has 2 aliphatic rings. The summed E-state index contributed by atoms with van der Waals surface area (Å²) in [7, 11) is 0. The van der Waals surface area contributed by atoms with Crippen LogP contribution in [0.3, 0.4) is 0 Å². The van der Waals surface area contributed by atoms with Crippen LogP contribution in [0.1, 0.15) is 52.9 Å².